The first-order valence-electron chi connectivity index (χ1n) is 3.64. The molecule has 0 aliphatic heterocycles. The zero-order valence-corrected chi connectivity index (χ0v) is 7.22. The molecule has 0 radical (unpaired) electrons. The van der Waals surface area contributed by atoms with Crippen LogP contribution in [0.2, 0.25) is 0 Å². The van der Waals surface area contributed by atoms with Gasteiger partial charge in [0.05, 0.1) is 13.2 Å². The SMILES string of the molecule is CCOC(C)CNC(=O)OC. The maximum Gasteiger partial charge on any atom is 0.406 e. The zero-order chi connectivity index (χ0) is 8.69. The van der Waals surface area contributed by atoms with Gasteiger partial charge in [-0.2, -0.15) is 0 Å². The number of hydrogen-bond acceptors (Lipinski definition) is 3. The monoisotopic (exact) mass is 161 g/mol. The summed E-state index contributed by atoms with van der Waals surface area (Å²) >= 11 is 0. The fourth-order valence-corrected chi connectivity index (χ4v) is 0.643. The van der Waals surface area contributed by atoms with E-state index in [2.05, 4.69) is 10.1 Å². The van der Waals surface area contributed by atoms with E-state index >= 15 is 0 Å². The molecule has 0 heterocycles. The Labute approximate surface area is 66.9 Å². The molecule has 0 aliphatic carbocycles. The van der Waals surface area contributed by atoms with Gasteiger partial charge in [-0.05, 0) is 13.8 Å². The van der Waals surface area contributed by atoms with E-state index in [0.717, 1.165) is 0 Å². The second-order valence-electron chi connectivity index (χ2n) is 2.14. The Bertz CT molecular complexity index is 116. The summed E-state index contributed by atoms with van der Waals surface area (Å²) in [5, 5.41) is 2.53. The van der Waals surface area contributed by atoms with Gasteiger partial charge in [-0.15, -0.1) is 0 Å². The molecule has 0 saturated carbocycles. The summed E-state index contributed by atoms with van der Waals surface area (Å²) in [7, 11) is 1.33. The van der Waals surface area contributed by atoms with E-state index in [4.69, 9.17) is 4.74 Å². The van der Waals surface area contributed by atoms with Crippen molar-refractivity contribution >= 4 is 6.09 Å². The molecule has 1 N–H and O–H groups in total. The molecule has 0 rings (SSSR count). The van der Waals surface area contributed by atoms with Crippen molar-refractivity contribution in [3.8, 4) is 0 Å². The number of rotatable bonds is 4. The fourth-order valence-electron chi connectivity index (χ4n) is 0.643. The Morgan fingerprint density at radius 3 is 2.73 bits per heavy atom. The lowest BCUT2D eigenvalue weighted by Crippen LogP contribution is -2.31. The van der Waals surface area contributed by atoms with Crippen molar-refractivity contribution in [2.45, 2.75) is 20.0 Å². The maximum absolute atomic E-state index is 10.5. The minimum absolute atomic E-state index is 0.0408. The van der Waals surface area contributed by atoms with Crippen LogP contribution in [0.5, 0.6) is 0 Å². The predicted octanol–water partition coefficient (Wildman–Crippen LogP) is 0.767. The van der Waals surface area contributed by atoms with Crippen LogP contribution in [0.4, 0.5) is 4.79 Å². The van der Waals surface area contributed by atoms with E-state index in [1.807, 2.05) is 13.8 Å². The number of hydrogen-bond donors (Lipinski definition) is 1. The molecule has 66 valence electrons. The summed E-state index contributed by atoms with van der Waals surface area (Å²) in [4.78, 5) is 10.5. The van der Waals surface area contributed by atoms with Gasteiger partial charge in [0.1, 0.15) is 0 Å². The van der Waals surface area contributed by atoms with Crippen LogP contribution in [0.25, 0.3) is 0 Å². The van der Waals surface area contributed by atoms with E-state index in [0.29, 0.717) is 13.2 Å². The molecule has 11 heavy (non-hydrogen) atoms. The van der Waals surface area contributed by atoms with E-state index in [1.54, 1.807) is 0 Å². The molecule has 0 aromatic carbocycles. The minimum Gasteiger partial charge on any atom is -0.453 e. The first-order valence-corrected chi connectivity index (χ1v) is 3.64. The van der Waals surface area contributed by atoms with Crippen LogP contribution in [-0.4, -0.2) is 32.5 Å². The molecule has 0 saturated heterocycles. The third-order valence-electron chi connectivity index (χ3n) is 1.17. The summed E-state index contributed by atoms with van der Waals surface area (Å²) in [6.45, 7) is 4.94. The number of carbonyl (C=O) groups excluding carboxylic acids is 1. The van der Waals surface area contributed by atoms with Gasteiger partial charge in [-0.25, -0.2) is 4.79 Å². The van der Waals surface area contributed by atoms with Crippen LogP contribution in [0, 0.1) is 0 Å². The summed E-state index contributed by atoms with van der Waals surface area (Å²) < 4.78 is 9.54. The number of methoxy groups -OCH3 is 1. The Balaban J connectivity index is 3.29. The average molecular weight is 161 g/mol. The van der Waals surface area contributed by atoms with Gasteiger partial charge in [0.25, 0.3) is 0 Å². The molecule has 0 fully saturated rings. The number of amides is 1. The first-order chi connectivity index (χ1) is 5.20. The highest BCUT2D eigenvalue weighted by Gasteiger charge is 2.02. The Hall–Kier alpha value is -0.770. The van der Waals surface area contributed by atoms with Crippen LogP contribution < -0.4 is 5.32 Å². The molecule has 0 spiro atoms. The topological polar surface area (TPSA) is 47.6 Å². The maximum atomic E-state index is 10.5. The largest absolute Gasteiger partial charge is 0.453 e. The van der Waals surface area contributed by atoms with Crippen molar-refractivity contribution in [2.24, 2.45) is 0 Å². The minimum atomic E-state index is -0.420. The lowest BCUT2D eigenvalue weighted by molar-refractivity contribution is 0.0743. The fraction of sp³-hybridized carbons (Fsp3) is 0.857. The molecule has 0 aromatic heterocycles. The standard InChI is InChI=1S/C7H15NO3/c1-4-11-6(2)5-8-7(9)10-3/h6H,4-5H2,1-3H3,(H,8,9). The molecule has 0 aromatic rings. The number of alkyl carbamates (subject to hydrolysis) is 1. The van der Waals surface area contributed by atoms with Gasteiger partial charge >= 0.3 is 6.09 Å². The first kappa shape index (κ1) is 10.2. The summed E-state index contributed by atoms with van der Waals surface area (Å²) in [5.41, 5.74) is 0. The summed E-state index contributed by atoms with van der Waals surface area (Å²) in [5.74, 6) is 0. The van der Waals surface area contributed by atoms with Crippen LogP contribution in [-0.2, 0) is 9.47 Å². The molecule has 4 heteroatoms. The van der Waals surface area contributed by atoms with Crippen molar-refractivity contribution in [1.29, 1.82) is 0 Å². The second-order valence-corrected chi connectivity index (χ2v) is 2.14. The molecular weight excluding hydrogens is 146 g/mol. The van der Waals surface area contributed by atoms with Crippen molar-refractivity contribution in [3.63, 3.8) is 0 Å². The van der Waals surface area contributed by atoms with Gasteiger partial charge in [0.2, 0.25) is 0 Å². The van der Waals surface area contributed by atoms with E-state index < -0.39 is 6.09 Å². The van der Waals surface area contributed by atoms with E-state index in [9.17, 15) is 4.79 Å². The predicted molar refractivity (Wildman–Crippen MR) is 41.5 cm³/mol. The molecule has 1 unspecified atom stereocenters. The Morgan fingerprint density at radius 1 is 1.64 bits per heavy atom. The van der Waals surface area contributed by atoms with Crippen molar-refractivity contribution in [1.82, 2.24) is 5.32 Å². The highest BCUT2D eigenvalue weighted by Crippen LogP contribution is 1.87. The van der Waals surface area contributed by atoms with Crippen molar-refractivity contribution in [2.75, 3.05) is 20.3 Å². The molecule has 0 bridgehead atoms. The van der Waals surface area contributed by atoms with E-state index in [1.165, 1.54) is 7.11 Å². The lowest BCUT2D eigenvalue weighted by Gasteiger charge is -2.11. The van der Waals surface area contributed by atoms with Crippen LogP contribution in [0.1, 0.15) is 13.8 Å². The molecule has 4 nitrogen and oxygen atoms in total. The third kappa shape index (κ3) is 5.66. The summed E-state index contributed by atoms with van der Waals surface area (Å²) in [6, 6.07) is 0. The third-order valence-corrected chi connectivity index (χ3v) is 1.17. The molecule has 1 atom stereocenters. The second kappa shape index (κ2) is 5.97. The molecular formula is C7H15NO3. The summed E-state index contributed by atoms with van der Waals surface area (Å²) in [6.07, 6.45) is -0.379. The van der Waals surface area contributed by atoms with Gasteiger partial charge in [-0.1, -0.05) is 0 Å². The normalized spacial score (nSPS) is 12.3. The molecule has 1 amide bonds. The molecule has 0 aliphatic rings. The van der Waals surface area contributed by atoms with Gasteiger partial charge in [-0.3, -0.25) is 0 Å². The highest BCUT2D eigenvalue weighted by atomic mass is 16.5. The number of carbonyl (C=O) groups is 1. The van der Waals surface area contributed by atoms with Crippen molar-refractivity contribution < 1.29 is 14.3 Å². The number of nitrogens with one attached hydrogen (secondary N) is 1. The smallest absolute Gasteiger partial charge is 0.406 e. The van der Waals surface area contributed by atoms with Crippen LogP contribution in [0.3, 0.4) is 0 Å². The van der Waals surface area contributed by atoms with Gasteiger partial charge in [0.15, 0.2) is 0 Å². The average Bonchev–Trinajstić information content (AvgIpc) is 2.01. The van der Waals surface area contributed by atoms with Gasteiger partial charge in [0, 0.05) is 13.2 Å². The van der Waals surface area contributed by atoms with Gasteiger partial charge < -0.3 is 14.8 Å². The Morgan fingerprint density at radius 2 is 2.27 bits per heavy atom. The van der Waals surface area contributed by atoms with Crippen LogP contribution >= 0.6 is 0 Å². The number of ether oxygens (including phenoxy) is 2. The quantitative estimate of drug-likeness (QED) is 0.662. The van der Waals surface area contributed by atoms with E-state index in [-0.39, 0.29) is 6.10 Å². The highest BCUT2D eigenvalue weighted by molar-refractivity contribution is 5.66. The Kier molecular flexibility index (Phi) is 5.56. The van der Waals surface area contributed by atoms with Crippen molar-refractivity contribution in [3.05, 3.63) is 0 Å². The zero-order valence-electron chi connectivity index (χ0n) is 7.22. The lowest BCUT2D eigenvalue weighted by atomic mass is 10.4. The van der Waals surface area contributed by atoms with Crippen LogP contribution in [0.15, 0.2) is 0 Å².